The molecule has 0 bridgehead atoms. The molecular weight excluding hydrogens is 404 g/mol. The Morgan fingerprint density at radius 3 is 2.69 bits per heavy atom. The summed E-state index contributed by atoms with van der Waals surface area (Å²) in [5.41, 5.74) is 3.10. The molecule has 3 aromatic rings. The van der Waals surface area contributed by atoms with Gasteiger partial charge in [0.15, 0.2) is 0 Å². The molecule has 1 fully saturated rings. The molecule has 2 aliphatic heterocycles. The highest BCUT2D eigenvalue weighted by Gasteiger charge is 2.46. The number of Topliss-reactive ketones (excluding diaryl/α,β-unsaturated/α-hetero) is 1. The number of amides is 1. The smallest absolute Gasteiger partial charge is 0.295 e. The molecule has 6 heteroatoms. The first-order valence-corrected chi connectivity index (χ1v) is 10.5. The first-order valence-electron chi connectivity index (χ1n) is 10.5. The molecule has 3 heterocycles. The predicted molar refractivity (Wildman–Crippen MR) is 119 cm³/mol. The Labute approximate surface area is 185 Å². The highest BCUT2D eigenvalue weighted by atomic mass is 16.5. The van der Waals surface area contributed by atoms with Crippen molar-refractivity contribution in [2.45, 2.75) is 32.0 Å². The number of ketones is 1. The molecule has 32 heavy (non-hydrogen) atoms. The van der Waals surface area contributed by atoms with Crippen LogP contribution in [-0.4, -0.2) is 32.8 Å². The van der Waals surface area contributed by atoms with E-state index in [1.165, 1.54) is 4.90 Å². The van der Waals surface area contributed by atoms with Crippen molar-refractivity contribution in [1.29, 1.82) is 0 Å². The van der Waals surface area contributed by atoms with Crippen LogP contribution in [0.15, 0.2) is 78.6 Å². The van der Waals surface area contributed by atoms with Gasteiger partial charge in [0.2, 0.25) is 0 Å². The number of carbonyl (C=O) groups excluding carboxylic acids is 2. The van der Waals surface area contributed by atoms with Gasteiger partial charge >= 0.3 is 0 Å². The lowest BCUT2D eigenvalue weighted by Crippen LogP contribution is -2.29. The molecule has 2 aromatic carbocycles. The van der Waals surface area contributed by atoms with E-state index in [-0.39, 0.29) is 24.0 Å². The molecule has 5 rings (SSSR count). The number of carbonyl (C=O) groups is 2. The molecule has 1 amide bonds. The fourth-order valence-corrected chi connectivity index (χ4v) is 4.43. The van der Waals surface area contributed by atoms with E-state index in [4.69, 9.17) is 4.74 Å². The van der Waals surface area contributed by atoms with Crippen LogP contribution in [0, 0.1) is 0 Å². The van der Waals surface area contributed by atoms with Crippen LogP contribution >= 0.6 is 0 Å². The lowest BCUT2D eigenvalue weighted by Gasteiger charge is -2.25. The summed E-state index contributed by atoms with van der Waals surface area (Å²) >= 11 is 0. The van der Waals surface area contributed by atoms with Crippen molar-refractivity contribution in [1.82, 2.24) is 9.88 Å². The second-order valence-electron chi connectivity index (χ2n) is 8.15. The molecule has 0 aliphatic carbocycles. The van der Waals surface area contributed by atoms with Gasteiger partial charge in [-0.2, -0.15) is 0 Å². The zero-order chi connectivity index (χ0) is 22.2. The Hall–Kier alpha value is -3.93. The van der Waals surface area contributed by atoms with Gasteiger partial charge < -0.3 is 14.7 Å². The number of likely N-dealkylation sites (tertiary alicyclic amines) is 1. The maximum Gasteiger partial charge on any atom is 0.295 e. The van der Waals surface area contributed by atoms with Crippen molar-refractivity contribution in [2.75, 3.05) is 0 Å². The summed E-state index contributed by atoms with van der Waals surface area (Å²) in [5, 5.41) is 11.2. The standard InChI is InChI=1S/C26H22N2O4/c1-16-12-20-13-18(9-10-21(20)32-16)24(29)22-23(19-8-5-11-27-14-19)28(26(31)25(22)30)15-17-6-3-2-4-7-17/h2-11,13-14,16,23,29H,12,15H2,1H3/t16-,23-/m0/s1. The number of rotatable bonds is 4. The van der Waals surface area contributed by atoms with E-state index in [1.54, 1.807) is 30.6 Å². The topological polar surface area (TPSA) is 79.7 Å². The largest absolute Gasteiger partial charge is 0.507 e. The Balaban J connectivity index is 1.62. The quantitative estimate of drug-likeness (QED) is 0.387. The third-order valence-electron chi connectivity index (χ3n) is 5.91. The summed E-state index contributed by atoms with van der Waals surface area (Å²) in [6.45, 7) is 2.23. The average molecular weight is 426 g/mol. The van der Waals surface area contributed by atoms with Crippen LogP contribution in [0.3, 0.4) is 0 Å². The molecule has 0 spiro atoms. The summed E-state index contributed by atoms with van der Waals surface area (Å²) < 4.78 is 5.74. The maximum absolute atomic E-state index is 13.1. The number of ether oxygens (including phenoxy) is 1. The number of aliphatic hydroxyl groups excluding tert-OH is 1. The number of nitrogens with zero attached hydrogens (tertiary/aromatic N) is 2. The van der Waals surface area contributed by atoms with Crippen LogP contribution in [0.2, 0.25) is 0 Å². The van der Waals surface area contributed by atoms with Crippen LogP contribution in [0.5, 0.6) is 5.75 Å². The lowest BCUT2D eigenvalue weighted by molar-refractivity contribution is -0.140. The first kappa shape index (κ1) is 20.0. The van der Waals surface area contributed by atoms with E-state index in [2.05, 4.69) is 4.98 Å². The number of pyridine rings is 1. The van der Waals surface area contributed by atoms with E-state index < -0.39 is 17.7 Å². The van der Waals surface area contributed by atoms with E-state index >= 15 is 0 Å². The summed E-state index contributed by atoms with van der Waals surface area (Å²) in [6.07, 6.45) is 4.05. The fourth-order valence-electron chi connectivity index (χ4n) is 4.43. The molecule has 1 saturated heterocycles. The van der Waals surface area contributed by atoms with E-state index in [9.17, 15) is 14.7 Å². The monoisotopic (exact) mass is 426 g/mol. The molecule has 6 nitrogen and oxygen atoms in total. The van der Waals surface area contributed by atoms with Gasteiger partial charge in [-0.05, 0) is 47.9 Å². The summed E-state index contributed by atoms with van der Waals surface area (Å²) in [5.74, 6) is -0.739. The van der Waals surface area contributed by atoms with Crippen molar-refractivity contribution in [3.63, 3.8) is 0 Å². The van der Waals surface area contributed by atoms with E-state index in [0.29, 0.717) is 11.1 Å². The summed E-state index contributed by atoms with van der Waals surface area (Å²) in [7, 11) is 0. The average Bonchev–Trinajstić information content (AvgIpc) is 3.31. The van der Waals surface area contributed by atoms with Gasteiger partial charge in [-0.1, -0.05) is 36.4 Å². The van der Waals surface area contributed by atoms with Crippen molar-refractivity contribution in [3.05, 3.63) is 101 Å². The molecule has 0 unspecified atom stereocenters. The summed E-state index contributed by atoms with van der Waals surface area (Å²) in [6, 6.07) is 17.7. The zero-order valence-corrected chi connectivity index (χ0v) is 17.6. The third kappa shape index (κ3) is 3.43. The molecule has 2 atom stereocenters. The van der Waals surface area contributed by atoms with Crippen molar-refractivity contribution in [2.24, 2.45) is 0 Å². The van der Waals surface area contributed by atoms with Gasteiger partial charge in [0.05, 0.1) is 11.6 Å². The van der Waals surface area contributed by atoms with Gasteiger partial charge in [0.25, 0.3) is 11.7 Å². The van der Waals surface area contributed by atoms with Crippen LogP contribution in [0.4, 0.5) is 0 Å². The van der Waals surface area contributed by atoms with Gasteiger partial charge in [-0.3, -0.25) is 14.6 Å². The Bertz CT molecular complexity index is 1220. The second kappa shape index (κ2) is 7.96. The molecule has 160 valence electrons. The Kier molecular flexibility index (Phi) is 4.98. The highest BCUT2D eigenvalue weighted by molar-refractivity contribution is 6.46. The fraction of sp³-hybridized carbons (Fsp3) is 0.192. The second-order valence-corrected chi connectivity index (χ2v) is 8.15. The van der Waals surface area contributed by atoms with Gasteiger partial charge in [-0.25, -0.2) is 0 Å². The van der Waals surface area contributed by atoms with Crippen molar-refractivity contribution in [3.8, 4) is 5.75 Å². The Morgan fingerprint density at radius 2 is 1.94 bits per heavy atom. The van der Waals surface area contributed by atoms with E-state index in [1.807, 2.05) is 49.4 Å². The number of aliphatic hydroxyl groups is 1. The van der Waals surface area contributed by atoms with Crippen LogP contribution in [0.1, 0.15) is 35.2 Å². The molecular formula is C26H22N2O4. The van der Waals surface area contributed by atoms with E-state index in [0.717, 1.165) is 23.3 Å². The van der Waals surface area contributed by atoms with Gasteiger partial charge in [0, 0.05) is 30.9 Å². The molecule has 0 radical (unpaired) electrons. The number of hydrogen-bond acceptors (Lipinski definition) is 5. The van der Waals surface area contributed by atoms with Gasteiger partial charge in [0.1, 0.15) is 17.6 Å². The summed E-state index contributed by atoms with van der Waals surface area (Å²) in [4.78, 5) is 31.9. The van der Waals surface area contributed by atoms with Gasteiger partial charge in [-0.15, -0.1) is 0 Å². The van der Waals surface area contributed by atoms with Crippen molar-refractivity contribution < 1.29 is 19.4 Å². The minimum atomic E-state index is -0.729. The van der Waals surface area contributed by atoms with Crippen LogP contribution in [0.25, 0.3) is 5.76 Å². The normalized spacial score (nSPS) is 21.5. The maximum atomic E-state index is 13.1. The number of hydrogen-bond donors (Lipinski definition) is 1. The Morgan fingerprint density at radius 1 is 1.12 bits per heavy atom. The zero-order valence-electron chi connectivity index (χ0n) is 17.6. The molecule has 1 aromatic heterocycles. The molecule has 2 aliphatic rings. The van der Waals surface area contributed by atoms with Crippen molar-refractivity contribution >= 4 is 17.4 Å². The molecule has 0 saturated carbocycles. The number of aromatic nitrogens is 1. The highest BCUT2D eigenvalue weighted by Crippen LogP contribution is 2.41. The third-order valence-corrected chi connectivity index (χ3v) is 5.91. The first-order chi connectivity index (χ1) is 15.5. The molecule has 1 N–H and O–H groups in total. The van der Waals surface area contributed by atoms with Crippen LogP contribution < -0.4 is 4.74 Å². The predicted octanol–water partition coefficient (Wildman–Crippen LogP) is 4.03. The minimum Gasteiger partial charge on any atom is -0.507 e. The van der Waals surface area contributed by atoms with Crippen LogP contribution in [-0.2, 0) is 22.6 Å². The SMILES string of the molecule is C[C@H]1Cc2cc(C(O)=C3C(=O)C(=O)N(Cc4ccccc4)[C@H]3c3cccnc3)ccc2O1. The minimum absolute atomic E-state index is 0.0641. The lowest BCUT2D eigenvalue weighted by atomic mass is 9.95. The number of fused-ring (bicyclic) bond motifs is 1. The number of benzene rings is 2.